The molecule has 1 amide bonds. The molecule has 1 saturated heterocycles. The van der Waals surface area contributed by atoms with Crippen molar-refractivity contribution in [3.05, 3.63) is 0 Å². The van der Waals surface area contributed by atoms with Crippen molar-refractivity contribution in [3.63, 3.8) is 0 Å². The summed E-state index contributed by atoms with van der Waals surface area (Å²) in [7, 11) is 0. The van der Waals surface area contributed by atoms with Crippen LogP contribution in [0.3, 0.4) is 0 Å². The molecule has 1 heterocycles. The SMILES string of the molecule is CCC(C)C(N)C(=O)NC1CCN(CC2CC2)CC1. The van der Waals surface area contributed by atoms with Crippen LogP contribution in [0, 0.1) is 11.8 Å². The molecule has 1 saturated carbocycles. The summed E-state index contributed by atoms with van der Waals surface area (Å²) in [4.78, 5) is 14.6. The van der Waals surface area contributed by atoms with E-state index in [9.17, 15) is 4.79 Å². The molecule has 0 spiro atoms. The second kappa shape index (κ2) is 6.71. The van der Waals surface area contributed by atoms with Gasteiger partial charge in [0, 0.05) is 25.7 Å². The molecule has 4 nitrogen and oxygen atoms in total. The molecule has 19 heavy (non-hydrogen) atoms. The monoisotopic (exact) mass is 267 g/mol. The number of rotatable bonds is 6. The summed E-state index contributed by atoms with van der Waals surface area (Å²) in [6, 6.07) is -0.0208. The fourth-order valence-electron chi connectivity index (χ4n) is 2.74. The number of carbonyl (C=O) groups excluding carboxylic acids is 1. The highest BCUT2D eigenvalue weighted by Gasteiger charge is 2.28. The highest BCUT2D eigenvalue weighted by molar-refractivity contribution is 5.82. The lowest BCUT2D eigenvalue weighted by molar-refractivity contribution is -0.124. The highest BCUT2D eigenvalue weighted by Crippen LogP contribution is 2.30. The van der Waals surface area contributed by atoms with Gasteiger partial charge in [-0.15, -0.1) is 0 Å². The number of nitrogens with two attached hydrogens (primary N) is 1. The maximum Gasteiger partial charge on any atom is 0.237 e. The zero-order chi connectivity index (χ0) is 13.8. The van der Waals surface area contributed by atoms with Crippen molar-refractivity contribution >= 4 is 5.91 Å². The van der Waals surface area contributed by atoms with Gasteiger partial charge in [-0.05, 0) is 37.5 Å². The van der Waals surface area contributed by atoms with Crippen LogP contribution in [0.15, 0.2) is 0 Å². The van der Waals surface area contributed by atoms with Crippen LogP contribution in [0.2, 0.25) is 0 Å². The van der Waals surface area contributed by atoms with E-state index in [-0.39, 0.29) is 17.9 Å². The lowest BCUT2D eigenvalue weighted by Gasteiger charge is -2.33. The Morgan fingerprint density at radius 1 is 1.32 bits per heavy atom. The van der Waals surface area contributed by atoms with Crippen LogP contribution in [0.4, 0.5) is 0 Å². The first kappa shape index (κ1) is 14.8. The van der Waals surface area contributed by atoms with Crippen molar-refractivity contribution < 1.29 is 4.79 Å². The number of amides is 1. The maximum absolute atomic E-state index is 12.0. The van der Waals surface area contributed by atoms with Crippen molar-refractivity contribution in [2.24, 2.45) is 17.6 Å². The van der Waals surface area contributed by atoms with Crippen LogP contribution in [-0.2, 0) is 4.79 Å². The molecule has 2 unspecified atom stereocenters. The molecule has 110 valence electrons. The van der Waals surface area contributed by atoms with Crippen LogP contribution in [0.1, 0.15) is 46.0 Å². The standard InChI is InChI=1S/C15H29N3O/c1-3-11(2)14(16)15(19)17-13-6-8-18(9-7-13)10-12-4-5-12/h11-14H,3-10,16H2,1-2H3,(H,17,19). The number of nitrogens with zero attached hydrogens (tertiary/aromatic N) is 1. The van der Waals surface area contributed by atoms with E-state index in [4.69, 9.17) is 5.73 Å². The van der Waals surface area contributed by atoms with Crippen LogP contribution in [0.25, 0.3) is 0 Å². The Balaban J connectivity index is 1.67. The van der Waals surface area contributed by atoms with Crippen LogP contribution >= 0.6 is 0 Å². The minimum absolute atomic E-state index is 0.0370. The summed E-state index contributed by atoms with van der Waals surface area (Å²) in [5.41, 5.74) is 5.97. The first-order valence-electron chi connectivity index (χ1n) is 7.88. The van der Waals surface area contributed by atoms with E-state index in [1.807, 2.05) is 6.92 Å². The zero-order valence-electron chi connectivity index (χ0n) is 12.4. The molecule has 0 aromatic carbocycles. The average molecular weight is 267 g/mol. The van der Waals surface area contributed by atoms with Crippen molar-refractivity contribution in [1.29, 1.82) is 0 Å². The average Bonchev–Trinajstić information content (AvgIpc) is 3.23. The number of likely N-dealkylation sites (tertiary alicyclic amines) is 1. The molecule has 2 fully saturated rings. The highest BCUT2D eigenvalue weighted by atomic mass is 16.2. The predicted octanol–water partition coefficient (Wildman–Crippen LogP) is 1.35. The molecule has 0 aromatic rings. The normalized spacial score (nSPS) is 25.0. The number of nitrogens with one attached hydrogen (secondary N) is 1. The van der Waals surface area contributed by atoms with E-state index in [0.717, 1.165) is 38.3 Å². The van der Waals surface area contributed by atoms with Crippen molar-refractivity contribution in [2.75, 3.05) is 19.6 Å². The minimum Gasteiger partial charge on any atom is -0.352 e. The Morgan fingerprint density at radius 3 is 2.47 bits per heavy atom. The molecular formula is C15H29N3O. The Bertz CT molecular complexity index is 296. The first-order chi connectivity index (χ1) is 9.10. The van der Waals surface area contributed by atoms with E-state index in [2.05, 4.69) is 17.1 Å². The fraction of sp³-hybridized carbons (Fsp3) is 0.933. The largest absolute Gasteiger partial charge is 0.352 e. The van der Waals surface area contributed by atoms with E-state index in [1.54, 1.807) is 0 Å². The molecule has 1 aliphatic carbocycles. The second-order valence-corrected chi connectivity index (χ2v) is 6.44. The topological polar surface area (TPSA) is 58.4 Å². The maximum atomic E-state index is 12.0. The third-order valence-corrected chi connectivity index (χ3v) is 4.71. The Morgan fingerprint density at radius 2 is 1.95 bits per heavy atom. The number of carbonyl (C=O) groups is 1. The van der Waals surface area contributed by atoms with Gasteiger partial charge in [0.15, 0.2) is 0 Å². The van der Waals surface area contributed by atoms with E-state index in [1.165, 1.54) is 19.4 Å². The zero-order valence-corrected chi connectivity index (χ0v) is 12.4. The quantitative estimate of drug-likeness (QED) is 0.764. The Hall–Kier alpha value is -0.610. The van der Waals surface area contributed by atoms with Crippen molar-refractivity contribution in [3.8, 4) is 0 Å². The fourth-order valence-corrected chi connectivity index (χ4v) is 2.74. The van der Waals surface area contributed by atoms with Gasteiger partial charge in [0.1, 0.15) is 0 Å². The van der Waals surface area contributed by atoms with Gasteiger partial charge in [-0.1, -0.05) is 20.3 Å². The summed E-state index contributed by atoms with van der Waals surface area (Å²) in [6.07, 6.45) is 5.94. The number of hydrogen-bond donors (Lipinski definition) is 2. The van der Waals surface area contributed by atoms with Gasteiger partial charge < -0.3 is 16.0 Å². The van der Waals surface area contributed by atoms with Crippen LogP contribution in [-0.4, -0.2) is 42.5 Å². The van der Waals surface area contributed by atoms with Crippen molar-refractivity contribution in [2.45, 2.75) is 58.0 Å². The molecule has 3 N–H and O–H groups in total. The van der Waals surface area contributed by atoms with Gasteiger partial charge >= 0.3 is 0 Å². The lowest BCUT2D eigenvalue weighted by Crippen LogP contribution is -2.51. The molecule has 4 heteroatoms. The van der Waals surface area contributed by atoms with E-state index in [0.29, 0.717) is 6.04 Å². The predicted molar refractivity (Wildman–Crippen MR) is 77.8 cm³/mol. The van der Waals surface area contributed by atoms with Gasteiger partial charge in [0.2, 0.25) is 5.91 Å². The minimum atomic E-state index is -0.352. The molecular weight excluding hydrogens is 238 g/mol. The van der Waals surface area contributed by atoms with Gasteiger partial charge in [0.25, 0.3) is 0 Å². The summed E-state index contributed by atoms with van der Waals surface area (Å²) in [5, 5.41) is 3.13. The Kier molecular flexibility index (Phi) is 5.22. The first-order valence-corrected chi connectivity index (χ1v) is 7.88. The van der Waals surface area contributed by atoms with Gasteiger partial charge in [0.05, 0.1) is 6.04 Å². The molecule has 2 atom stereocenters. The second-order valence-electron chi connectivity index (χ2n) is 6.44. The molecule has 2 aliphatic rings. The Labute approximate surface area is 117 Å². The summed E-state index contributed by atoms with van der Waals surface area (Å²) in [6.45, 7) is 7.64. The summed E-state index contributed by atoms with van der Waals surface area (Å²) >= 11 is 0. The number of piperidine rings is 1. The third-order valence-electron chi connectivity index (χ3n) is 4.71. The summed E-state index contributed by atoms with van der Waals surface area (Å²) in [5.74, 6) is 1.26. The molecule has 0 radical (unpaired) electrons. The van der Waals surface area contributed by atoms with Gasteiger partial charge in [-0.3, -0.25) is 4.79 Å². The van der Waals surface area contributed by atoms with Gasteiger partial charge in [-0.25, -0.2) is 0 Å². The lowest BCUT2D eigenvalue weighted by atomic mass is 9.98. The smallest absolute Gasteiger partial charge is 0.237 e. The van der Waals surface area contributed by atoms with E-state index < -0.39 is 0 Å². The van der Waals surface area contributed by atoms with Gasteiger partial charge in [-0.2, -0.15) is 0 Å². The van der Waals surface area contributed by atoms with Crippen LogP contribution < -0.4 is 11.1 Å². The molecule has 1 aliphatic heterocycles. The van der Waals surface area contributed by atoms with Crippen LogP contribution in [0.5, 0.6) is 0 Å². The number of hydrogen-bond acceptors (Lipinski definition) is 3. The summed E-state index contributed by atoms with van der Waals surface area (Å²) < 4.78 is 0. The molecule has 2 rings (SSSR count). The third kappa shape index (κ3) is 4.46. The molecule has 0 bridgehead atoms. The van der Waals surface area contributed by atoms with Crippen molar-refractivity contribution in [1.82, 2.24) is 10.2 Å². The molecule has 0 aromatic heterocycles. The van der Waals surface area contributed by atoms with E-state index >= 15 is 0 Å².